The quantitative estimate of drug-likeness (QED) is 0.147. The topological polar surface area (TPSA) is 178 Å². The first-order chi connectivity index (χ1) is 22.2. The van der Waals surface area contributed by atoms with Crippen molar-refractivity contribution in [1.82, 2.24) is 29.4 Å². The highest BCUT2D eigenvalue weighted by atomic mass is 32.3. The second kappa shape index (κ2) is 12.4. The van der Waals surface area contributed by atoms with Crippen molar-refractivity contribution in [1.29, 1.82) is 0 Å². The number of hydrogen-bond donors (Lipinski definition) is 3. The molecule has 0 radical (unpaired) electrons. The molecular weight excluding hydrogens is 645 g/mol. The molecule has 0 spiro atoms. The maximum Gasteiger partial charge on any atom is 0.269 e. The molecule has 3 aliphatic carbocycles. The zero-order chi connectivity index (χ0) is 33.7. The molecule has 4 aliphatic heterocycles. The van der Waals surface area contributed by atoms with Gasteiger partial charge in [-0.3, -0.25) is 39.1 Å². The van der Waals surface area contributed by atoms with Gasteiger partial charge in [0, 0.05) is 68.6 Å². The largest absolute Gasteiger partial charge is 0.698 e. The smallest absolute Gasteiger partial charge is 0.269 e. The number of quaternary nitrogens is 2. The average Bonchev–Trinajstić information content (AvgIpc) is 3.02. The van der Waals surface area contributed by atoms with E-state index in [0.717, 1.165) is 52.4 Å². The van der Waals surface area contributed by atoms with E-state index in [9.17, 15) is 18.2 Å². The molecule has 7 aliphatic rings. The Morgan fingerprint density at radius 1 is 0.830 bits per heavy atom. The Balaban J connectivity index is 1.33. The molecule has 7 fully saturated rings. The summed E-state index contributed by atoms with van der Waals surface area (Å²) < 4.78 is 58.0. The average molecular weight is 706 g/mol. The van der Waals surface area contributed by atoms with Crippen LogP contribution >= 0.6 is 0 Å². The van der Waals surface area contributed by atoms with Crippen LogP contribution in [0.5, 0.6) is 0 Å². The van der Waals surface area contributed by atoms with Gasteiger partial charge in [0.15, 0.2) is 0 Å². The van der Waals surface area contributed by atoms with Gasteiger partial charge in [0.25, 0.3) is 10.1 Å². The summed E-state index contributed by atoms with van der Waals surface area (Å²) in [4.78, 5) is 14.4. The summed E-state index contributed by atoms with van der Waals surface area (Å²) in [5.74, 6) is 0.299. The minimum atomic E-state index is -4.43. The molecule has 2 bridgehead atoms. The molecule has 0 aromatic heterocycles. The van der Waals surface area contributed by atoms with Crippen LogP contribution in [-0.4, -0.2) is 166 Å². The molecule has 4 saturated heterocycles. The van der Waals surface area contributed by atoms with Crippen LogP contribution in [-0.2, 0) is 24.0 Å². The normalized spacial score (nSPS) is 48.0. The molecule has 47 heavy (non-hydrogen) atoms. The Morgan fingerprint density at radius 3 is 1.91 bits per heavy atom. The van der Waals surface area contributed by atoms with Crippen molar-refractivity contribution in [3.8, 4) is 0 Å². The SMILES string of the molecule is CCN1CN(C)CC2CC(S(=O)(=O)O)C3C(CN4CN3CC3C5C(CC(S([NH3+])(=O)(O[O-])C6CCCC([NH3+])C6)C34)CN(C)CN5CC)C21. The van der Waals surface area contributed by atoms with E-state index in [1.165, 1.54) is 0 Å². The van der Waals surface area contributed by atoms with E-state index in [-0.39, 0.29) is 53.9 Å². The molecular formula is C31H61N8O6S2+. The van der Waals surface area contributed by atoms with Gasteiger partial charge in [-0.15, -0.1) is 0 Å². The van der Waals surface area contributed by atoms with Crippen molar-refractivity contribution in [2.24, 2.45) is 23.7 Å². The lowest BCUT2D eigenvalue weighted by Crippen LogP contribution is -2.90. The van der Waals surface area contributed by atoms with Crippen LogP contribution < -0.4 is 16.1 Å². The van der Waals surface area contributed by atoms with Crippen molar-refractivity contribution >= 4 is 19.7 Å². The van der Waals surface area contributed by atoms with Crippen molar-refractivity contribution in [3.63, 3.8) is 0 Å². The van der Waals surface area contributed by atoms with E-state index in [0.29, 0.717) is 45.4 Å². The van der Waals surface area contributed by atoms with Crippen molar-refractivity contribution < 1.29 is 37.6 Å². The fourth-order valence-corrected chi connectivity index (χ4v) is 17.1. The lowest BCUT2D eigenvalue weighted by Gasteiger charge is -2.70. The fraction of sp³-hybridized carbons (Fsp3) is 1.00. The molecule has 7 rings (SSSR count). The first kappa shape index (κ1) is 35.1. The summed E-state index contributed by atoms with van der Waals surface area (Å²) in [5.41, 5.74) is 4.32. The zero-order valence-corrected chi connectivity index (χ0v) is 30.6. The van der Waals surface area contributed by atoms with Gasteiger partial charge in [-0.2, -0.15) is 12.6 Å². The third-order valence-electron chi connectivity index (χ3n) is 13.9. The van der Waals surface area contributed by atoms with Crippen LogP contribution in [0.2, 0.25) is 0 Å². The summed E-state index contributed by atoms with van der Waals surface area (Å²) in [5, 5.41) is 15.8. The van der Waals surface area contributed by atoms with Gasteiger partial charge in [0.2, 0.25) is 0 Å². The third kappa shape index (κ3) is 5.69. The molecule has 16 heteroatoms. The Morgan fingerprint density at radius 2 is 1.38 bits per heavy atom. The minimum absolute atomic E-state index is 0.0194. The van der Waals surface area contributed by atoms with Crippen molar-refractivity contribution in [2.45, 2.75) is 98.3 Å². The lowest BCUT2D eigenvalue weighted by atomic mass is 9.65. The van der Waals surface area contributed by atoms with Crippen LogP contribution in [0, 0.1) is 23.7 Å². The number of hydrogen-bond acceptors (Lipinski definition) is 11. The fourth-order valence-electron chi connectivity index (χ4n) is 12.3. The molecule has 3 saturated carbocycles. The second-order valence-electron chi connectivity index (χ2n) is 16.6. The zero-order valence-electron chi connectivity index (χ0n) is 28.9. The highest BCUT2D eigenvalue weighted by Gasteiger charge is 2.65. The van der Waals surface area contributed by atoms with Gasteiger partial charge < -0.3 is 15.3 Å². The van der Waals surface area contributed by atoms with E-state index in [2.05, 4.69) is 68.2 Å². The Kier molecular flexibility index (Phi) is 9.26. The molecule has 14 nitrogen and oxygen atoms in total. The predicted molar refractivity (Wildman–Crippen MR) is 177 cm³/mol. The van der Waals surface area contributed by atoms with E-state index in [1.54, 1.807) is 0 Å². The van der Waals surface area contributed by atoms with E-state index < -0.39 is 35.4 Å². The molecule has 0 aromatic rings. The highest BCUT2D eigenvalue weighted by Crippen LogP contribution is 2.53. The van der Waals surface area contributed by atoms with Crippen LogP contribution in [0.25, 0.3) is 0 Å². The predicted octanol–water partition coefficient (Wildman–Crippen LogP) is -2.87. The van der Waals surface area contributed by atoms with Gasteiger partial charge >= 0.3 is 0 Å². The Bertz CT molecular complexity index is 1360. The summed E-state index contributed by atoms with van der Waals surface area (Å²) in [6.45, 7) is 11.2. The first-order valence-electron chi connectivity index (χ1n) is 18.1. The number of fused-ring (bicyclic) bond motifs is 10. The molecule has 272 valence electrons. The van der Waals surface area contributed by atoms with Crippen LogP contribution in [0.15, 0.2) is 0 Å². The van der Waals surface area contributed by atoms with Gasteiger partial charge in [-0.25, -0.2) is 0 Å². The van der Waals surface area contributed by atoms with Gasteiger partial charge in [-0.1, -0.05) is 23.4 Å². The standard InChI is InChI=1S/C31H60N8O6S2/c1-5-36-17-34(3)13-20-10-26(46(41,42)43)30-24(28(20)36)15-39-19-38(30)16-25-29-21(14-35(4)18-37(29)6-2)11-27(31(25)39)47(33,44,45-40)23-9-7-8-22(32)12-23/h20-31,40H,5-19,32H2,1-4H3,(H2,33,44)(H,41,42,43)/p+1. The Hall–Kier alpha value is -0.340. The highest BCUT2D eigenvalue weighted by molar-refractivity contribution is 8.10. The maximum absolute atomic E-state index is 15.7. The molecule has 0 aromatic carbocycles. The van der Waals surface area contributed by atoms with Crippen molar-refractivity contribution in [2.75, 3.05) is 73.4 Å². The molecule has 4 heterocycles. The van der Waals surface area contributed by atoms with E-state index in [4.69, 9.17) is 4.33 Å². The van der Waals surface area contributed by atoms with Crippen molar-refractivity contribution in [3.05, 3.63) is 0 Å². The first-order valence-corrected chi connectivity index (χ1v) is 21.8. The lowest BCUT2D eigenvalue weighted by molar-refractivity contribution is -0.647. The number of rotatable bonds is 6. The molecule has 7 N–H and O–H groups in total. The van der Waals surface area contributed by atoms with Crippen LogP contribution in [0.3, 0.4) is 0 Å². The maximum atomic E-state index is 15.7. The molecule has 14 unspecified atom stereocenters. The minimum Gasteiger partial charge on any atom is -0.698 e. The third-order valence-corrected chi connectivity index (χ3v) is 19.0. The van der Waals surface area contributed by atoms with Crippen LogP contribution in [0.1, 0.15) is 52.4 Å². The molecule has 14 atom stereocenters. The Labute approximate surface area is 281 Å². The number of nitrogens with zero attached hydrogens (tertiary/aromatic N) is 6. The van der Waals surface area contributed by atoms with Gasteiger partial charge in [0.05, 0.1) is 31.3 Å². The van der Waals surface area contributed by atoms with Gasteiger partial charge in [0.1, 0.15) is 10.5 Å². The van der Waals surface area contributed by atoms with E-state index >= 15 is 4.21 Å². The summed E-state index contributed by atoms with van der Waals surface area (Å²) in [7, 11) is -4.53. The van der Waals surface area contributed by atoms with Gasteiger partial charge in [-0.05, 0) is 71.1 Å². The molecule has 0 amide bonds. The van der Waals surface area contributed by atoms with Crippen LogP contribution in [0.4, 0.5) is 0 Å². The van der Waals surface area contributed by atoms with E-state index in [1.807, 2.05) is 0 Å². The summed E-state index contributed by atoms with van der Waals surface area (Å²) in [6, 6.07) is 0.0191. The monoisotopic (exact) mass is 705 g/mol. The summed E-state index contributed by atoms with van der Waals surface area (Å²) in [6.07, 6.45) is 4.16. The summed E-state index contributed by atoms with van der Waals surface area (Å²) >= 11 is 0. The second-order valence-corrected chi connectivity index (χ2v) is 22.0.